The minimum Gasteiger partial charge on any atom is -0.319 e. The molecule has 0 saturated carbocycles. The van der Waals surface area contributed by atoms with Gasteiger partial charge >= 0.3 is 0 Å². The summed E-state index contributed by atoms with van der Waals surface area (Å²) in [7, 11) is 0. The predicted molar refractivity (Wildman–Crippen MR) is 81.7 cm³/mol. The summed E-state index contributed by atoms with van der Waals surface area (Å²) in [5.41, 5.74) is 1.98. The minimum absolute atomic E-state index is 0.124. The third-order valence-electron chi connectivity index (χ3n) is 3.71. The average molecular weight is 269 g/mol. The van der Waals surface area contributed by atoms with E-state index in [1.807, 2.05) is 36.4 Å². The first-order valence-electron chi connectivity index (χ1n) is 7.21. The van der Waals surface area contributed by atoms with Crippen LogP contribution in [0.4, 0.5) is 0 Å². The van der Waals surface area contributed by atoms with E-state index in [1.165, 1.54) is 25.9 Å². The largest absolute Gasteiger partial charge is 0.319 e. The number of likely N-dealkylation sites (tertiary alicyclic amines) is 1. The van der Waals surface area contributed by atoms with Crippen molar-refractivity contribution in [2.75, 3.05) is 19.6 Å². The number of H-pyrrole nitrogens is 1. The van der Waals surface area contributed by atoms with Gasteiger partial charge in [0.25, 0.3) is 5.56 Å². The van der Waals surface area contributed by atoms with Crippen LogP contribution in [0.3, 0.4) is 0 Å². The second kappa shape index (κ2) is 6.01. The van der Waals surface area contributed by atoms with Gasteiger partial charge in [0.05, 0.1) is 11.0 Å². The molecule has 1 aliphatic rings. The molecule has 0 bridgehead atoms. The van der Waals surface area contributed by atoms with Gasteiger partial charge in [0.1, 0.15) is 5.69 Å². The molecule has 1 aliphatic heterocycles. The molecular weight excluding hydrogens is 250 g/mol. The molecule has 0 amide bonds. The Morgan fingerprint density at radius 1 is 1.25 bits per heavy atom. The van der Waals surface area contributed by atoms with Crippen molar-refractivity contribution in [2.24, 2.45) is 0 Å². The zero-order valence-corrected chi connectivity index (χ0v) is 11.5. The first kappa shape index (κ1) is 13.1. The highest BCUT2D eigenvalue weighted by Crippen LogP contribution is 2.09. The molecule has 20 heavy (non-hydrogen) atoms. The van der Waals surface area contributed by atoms with E-state index in [4.69, 9.17) is 0 Å². The zero-order chi connectivity index (χ0) is 13.8. The molecule has 2 aromatic rings. The Balaban J connectivity index is 1.69. The molecule has 0 radical (unpaired) electrons. The van der Waals surface area contributed by atoms with Crippen LogP contribution in [0.2, 0.25) is 0 Å². The number of nitrogens with one attached hydrogen (secondary N) is 1. The van der Waals surface area contributed by atoms with Gasteiger partial charge in [-0.3, -0.25) is 4.79 Å². The van der Waals surface area contributed by atoms with Gasteiger partial charge in [-0.25, -0.2) is 4.98 Å². The first-order chi connectivity index (χ1) is 9.83. The lowest BCUT2D eigenvalue weighted by Gasteiger charge is -2.11. The Morgan fingerprint density at radius 3 is 2.90 bits per heavy atom. The predicted octanol–water partition coefficient (Wildman–Crippen LogP) is 2.42. The average Bonchev–Trinajstić information content (AvgIpc) is 2.97. The van der Waals surface area contributed by atoms with Gasteiger partial charge in [-0.2, -0.15) is 0 Å². The molecular formula is C16H19N3O. The second-order valence-electron chi connectivity index (χ2n) is 5.21. The van der Waals surface area contributed by atoms with Gasteiger partial charge in [-0.15, -0.1) is 0 Å². The summed E-state index contributed by atoms with van der Waals surface area (Å²) in [6.45, 7) is 3.49. The van der Waals surface area contributed by atoms with E-state index in [1.54, 1.807) is 0 Å². The summed E-state index contributed by atoms with van der Waals surface area (Å²) < 4.78 is 0. The molecule has 0 unspecified atom stereocenters. The van der Waals surface area contributed by atoms with Crippen LogP contribution in [0, 0.1) is 0 Å². The number of nitrogens with zero attached hydrogens (tertiary/aromatic N) is 2. The summed E-state index contributed by atoms with van der Waals surface area (Å²) >= 11 is 0. The number of hydrogen-bond acceptors (Lipinski definition) is 3. The van der Waals surface area contributed by atoms with Crippen molar-refractivity contribution in [1.82, 2.24) is 14.9 Å². The second-order valence-corrected chi connectivity index (χ2v) is 5.21. The van der Waals surface area contributed by atoms with Crippen molar-refractivity contribution >= 4 is 17.1 Å². The third kappa shape index (κ3) is 2.96. The van der Waals surface area contributed by atoms with Gasteiger partial charge in [0.2, 0.25) is 0 Å². The van der Waals surface area contributed by atoms with E-state index in [-0.39, 0.29) is 5.56 Å². The number of hydrogen-bond donors (Lipinski definition) is 1. The van der Waals surface area contributed by atoms with E-state index in [0.717, 1.165) is 24.0 Å². The summed E-state index contributed by atoms with van der Waals surface area (Å²) in [5.74, 6) is 0. The van der Waals surface area contributed by atoms with E-state index in [2.05, 4.69) is 14.9 Å². The van der Waals surface area contributed by atoms with Crippen LogP contribution in [0.25, 0.3) is 17.1 Å². The Labute approximate surface area is 118 Å². The molecule has 1 fully saturated rings. The molecule has 0 aliphatic carbocycles. The van der Waals surface area contributed by atoms with E-state index < -0.39 is 0 Å². The topological polar surface area (TPSA) is 49.0 Å². The number of fused-ring (bicyclic) bond motifs is 1. The normalized spacial score (nSPS) is 16.4. The molecule has 1 aromatic carbocycles. The van der Waals surface area contributed by atoms with Crippen molar-refractivity contribution in [3.63, 3.8) is 0 Å². The molecule has 0 atom stereocenters. The quantitative estimate of drug-likeness (QED) is 0.927. The molecule has 3 rings (SSSR count). The molecule has 1 saturated heterocycles. The lowest BCUT2D eigenvalue weighted by molar-refractivity contribution is 0.346. The highest BCUT2D eigenvalue weighted by molar-refractivity contribution is 5.74. The maximum Gasteiger partial charge on any atom is 0.274 e. The molecule has 4 nitrogen and oxygen atoms in total. The Kier molecular flexibility index (Phi) is 3.92. The molecule has 1 N–H and O–H groups in total. The van der Waals surface area contributed by atoms with Gasteiger partial charge in [-0.05, 0) is 50.6 Å². The van der Waals surface area contributed by atoms with Crippen molar-refractivity contribution in [1.29, 1.82) is 0 Å². The highest BCUT2D eigenvalue weighted by atomic mass is 16.1. The minimum atomic E-state index is -0.124. The fourth-order valence-corrected chi connectivity index (χ4v) is 2.61. The smallest absolute Gasteiger partial charge is 0.274 e. The van der Waals surface area contributed by atoms with Gasteiger partial charge in [0.15, 0.2) is 0 Å². The summed E-state index contributed by atoms with van der Waals surface area (Å²) in [5, 5.41) is 0. The fraction of sp³-hybridized carbons (Fsp3) is 0.375. The summed E-state index contributed by atoms with van der Waals surface area (Å²) in [6.07, 6.45) is 7.48. The molecule has 1 aromatic heterocycles. The van der Waals surface area contributed by atoms with Crippen LogP contribution in [0.1, 0.15) is 25.0 Å². The SMILES string of the molecule is O=c1[nH]c2ccccc2nc1/C=C/CCN1CCCC1. The van der Waals surface area contributed by atoms with Crippen molar-refractivity contribution < 1.29 is 0 Å². The lowest BCUT2D eigenvalue weighted by Crippen LogP contribution is -2.19. The number of aromatic nitrogens is 2. The summed E-state index contributed by atoms with van der Waals surface area (Å²) in [4.78, 5) is 21.6. The van der Waals surface area contributed by atoms with Crippen LogP contribution in [0.5, 0.6) is 0 Å². The molecule has 0 spiro atoms. The van der Waals surface area contributed by atoms with Crippen molar-refractivity contribution in [3.05, 3.63) is 46.4 Å². The van der Waals surface area contributed by atoms with Gasteiger partial charge < -0.3 is 9.88 Å². The molecule has 2 heterocycles. The standard InChI is InChI=1S/C16H19N3O/c20-16-15(9-3-4-10-19-11-5-6-12-19)17-13-7-1-2-8-14(13)18-16/h1-3,7-9H,4-6,10-12H2,(H,18,20)/b9-3+. The van der Waals surface area contributed by atoms with Crippen molar-refractivity contribution in [2.45, 2.75) is 19.3 Å². The van der Waals surface area contributed by atoms with E-state index in [0.29, 0.717) is 5.69 Å². The number of benzene rings is 1. The number of aromatic amines is 1. The van der Waals surface area contributed by atoms with Crippen molar-refractivity contribution in [3.8, 4) is 0 Å². The van der Waals surface area contributed by atoms with Crippen LogP contribution >= 0.6 is 0 Å². The Hall–Kier alpha value is -1.94. The number of rotatable bonds is 4. The lowest BCUT2D eigenvalue weighted by atomic mass is 10.2. The maximum atomic E-state index is 11.9. The van der Waals surface area contributed by atoms with E-state index in [9.17, 15) is 4.79 Å². The first-order valence-corrected chi connectivity index (χ1v) is 7.21. The highest BCUT2D eigenvalue weighted by Gasteiger charge is 2.09. The van der Waals surface area contributed by atoms with Gasteiger partial charge in [-0.1, -0.05) is 18.2 Å². The summed E-state index contributed by atoms with van der Waals surface area (Å²) in [6, 6.07) is 7.59. The third-order valence-corrected chi connectivity index (χ3v) is 3.71. The monoisotopic (exact) mass is 269 g/mol. The maximum absolute atomic E-state index is 11.9. The van der Waals surface area contributed by atoms with Gasteiger partial charge in [0, 0.05) is 6.54 Å². The Morgan fingerprint density at radius 2 is 2.05 bits per heavy atom. The molecule has 4 heteroatoms. The van der Waals surface area contributed by atoms with Crippen LogP contribution in [0.15, 0.2) is 35.1 Å². The van der Waals surface area contributed by atoms with Crippen LogP contribution in [-0.2, 0) is 0 Å². The molecule has 104 valence electrons. The fourth-order valence-electron chi connectivity index (χ4n) is 2.61. The zero-order valence-electron chi connectivity index (χ0n) is 11.5. The Bertz CT molecular complexity index is 669. The van der Waals surface area contributed by atoms with Crippen LogP contribution < -0.4 is 5.56 Å². The number of para-hydroxylation sites is 2. The van der Waals surface area contributed by atoms with Crippen LogP contribution in [-0.4, -0.2) is 34.5 Å². The van der Waals surface area contributed by atoms with E-state index >= 15 is 0 Å².